The molecular formula is C50H34O. The molecule has 0 saturated carbocycles. The first kappa shape index (κ1) is 16.1. The zero-order valence-electron chi connectivity index (χ0n) is 45.7. The van der Waals surface area contributed by atoms with Crippen molar-refractivity contribution >= 4 is 54.3 Å². The lowest BCUT2D eigenvalue weighted by atomic mass is 9.85. The van der Waals surface area contributed by atoms with Crippen molar-refractivity contribution in [1.82, 2.24) is 0 Å². The summed E-state index contributed by atoms with van der Waals surface area (Å²) in [6, 6.07) is 7.97. The molecule has 9 aromatic carbocycles. The number of fused-ring (bicyclic) bond motifs is 6. The van der Waals surface area contributed by atoms with Crippen molar-refractivity contribution in [2.24, 2.45) is 0 Å². The van der Waals surface area contributed by atoms with Gasteiger partial charge in [0.1, 0.15) is 11.2 Å². The summed E-state index contributed by atoms with van der Waals surface area (Å²) in [5, 5.41) is -0.0701. The fourth-order valence-corrected chi connectivity index (χ4v) is 6.93. The summed E-state index contributed by atoms with van der Waals surface area (Å²) in [7, 11) is 0. The minimum Gasteiger partial charge on any atom is -0.456 e. The van der Waals surface area contributed by atoms with E-state index in [4.69, 9.17) is 19.5 Å². The van der Waals surface area contributed by atoms with Crippen LogP contribution in [0, 0.1) is 0 Å². The number of rotatable bonds is 6. The average molecular weight is 670 g/mol. The van der Waals surface area contributed by atoms with Crippen molar-refractivity contribution in [1.29, 1.82) is 0 Å². The normalized spacial score (nSPS) is 16.9. The Morgan fingerprint density at radius 3 is 1.71 bits per heavy atom. The number of hydrogen-bond acceptors (Lipinski definition) is 1. The number of furan rings is 1. The zero-order chi connectivity index (χ0) is 50.3. The number of hydrogen-bond donors (Lipinski definition) is 0. The summed E-state index contributed by atoms with van der Waals surface area (Å²) in [4.78, 5) is 0. The molecule has 0 radical (unpaired) electrons. The molecule has 1 nitrogen and oxygen atoms in total. The molecule has 10 rings (SSSR count). The van der Waals surface area contributed by atoms with Crippen LogP contribution in [0.2, 0.25) is 0 Å². The molecule has 0 saturated heterocycles. The summed E-state index contributed by atoms with van der Waals surface area (Å²) in [6.07, 6.45) is -1.31. The Bertz CT molecular complexity index is 3880. The van der Waals surface area contributed by atoms with Gasteiger partial charge in [-0.25, -0.2) is 0 Å². The summed E-state index contributed by atoms with van der Waals surface area (Å²) in [5.41, 5.74) is 2.23. The Morgan fingerprint density at radius 2 is 1.00 bits per heavy atom. The molecule has 0 spiro atoms. The topological polar surface area (TPSA) is 13.1 Å². The molecule has 1 heteroatoms. The molecule has 0 atom stereocenters. The summed E-state index contributed by atoms with van der Waals surface area (Å²) >= 11 is 0. The van der Waals surface area contributed by atoms with Crippen LogP contribution in [-0.2, 0) is 12.8 Å². The molecule has 0 fully saturated rings. The predicted molar refractivity (Wildman–Crippen MR) is 216 cm³/mol. The maximum atomic E-state index is 9.66. The van der Waals surface area contributed by atoms with Crippen LogP contribution in [0.15, 0.2) is 186 Å². The fourth-order valence-electron chi connectivity index (χ4n) is 6.93. The third-order valence-corrected chi connectivity index (χ3v) is 9.29. The molecule has 0 aliphatic carbocycles. The van der Waals surface area contributed by atoms with Crippen molar-refractivity contribution in [2.75, 3.05) is 0 Å². The largest absolute Gasteiger partial charge is 0.456 e. The van der Waals surface area contributed by atoms with Gasteiger partial charge >= 0.3 is 0 Å². The van der Waals surface area contributed by atoms with E-state index in [1.807, 2.05) is 48.5 Å². The van der Waals surface area contributed by atoms with Crippen molar-refractivity contribution in [3.05, 3.63) is 204 Å². The Kier molecular flexibility index (Phi) is 3.83. The lowest BCUT2D eigenvalue weighted by molar-refractivity contribution is 0.669. The summed E-state index contributed by atoms with van der Waals surface area (Å²) in [5.74, 6) is 0. The number of benzene rings is 9. The summed E-state index contributed by atoms with van der Waals surface area (Å²) in [6.45, 7) is 0. The van der Waals surface area contributed by atoms with Gasteiger partial charge in [0.25, 0.3) is 0 Å². The summed E-state index contributed by atoms with van der Waals surface area (Å²) < 4.78 is 176. The lowest BCUT2D eigenvalue weighted by Crippen LogP contribution is -1.99. The standard InChI is InChI=1S/C50H34O/c1-3-13-33(14-4-1)29-46-41-19-9-11-21-43(41)47(44-22-12-10-20-42(44)46)31-36-23-26-39(40-18-8-7-17-38(36)40)37-24-27-45-48-30-35(34-15-5-2-6-16-34)25-28-49(48)51-50(45)32-37/h1-28,30,32H,29,31H2/i1D,3D,4D,7D,8D,9D,10D,11D,12D,13D,14D,17D,18D,19D,20D,21D,22D,23D,26D. The molecule has 0 amide bonds. The Balaban J connectivity index is 1.29. The van der Waals surface area contributed by atoms with E-state index >= 15 is 0 Å². The Hall–Kier alpha value is -6.44. The van der Waals surface area contributed by atoms with Gasteiger partial charge in [0.05, 0.1) is 26.0 Å². The van der Waals surface area contributed by atoms with Gasteiger partial charge in [-0.3, -0.25) is 0 Å². The van der Waals surface area contributed by atoms with Crippen LogP contribution in [0.3, 0.4) is 0 Å². The van der Waals surface area contributed by atoms with Gasteiger partial charge in [0.15, 0.2) is 0 Å². The molecule has 240 valence electrons. The maximum Gasteiger partial charge on any atom is 0.136 e. The highest BCUT2D eigenvalue weighted by molar-refractivity contribution is 6.09. The lowest BCUT2D eigenvalue weighted by Gasteiger charge is -2.18. The molecule has 1 heterocycles. The van der Waals surface area contributed by atoms with Crippen LogP contribution < -0.4 is 0 Å². The van der Waals surface area contributed by atoms with Gasteiger partial charge in [0.2, 0.25) is 0 Å². The van der Waals surface area contributed by atoms with E-state index < -0.39 is 128 Å². The first-order chi connectivity index (χ1) is 33.2. The van der Waals surface area contributed by atoms with Crippen molar-refractivity contribution < 1.29 is 30.5 Å². The van der Waals surface area contributed by atoms with Crippen molar-refractivity contribution in [3.63, 3.8) is 0 Å². The van der Waals surface area contributed by atoms with Crippen LogP contribution in [0.5, 0.6) is 0 Å². The van der Waals surface area contributed by atoms with Gasteiger partial charge in [0, 0.05) is 10.8 Å². The first-order valence-electron chi connectivity index (χ1n) is 25.7. The van der Waals surface area contributed by atoms with Crippen LogP contribution >= 0.6 is 0 Å². The van der Waals surface area contributed by atoms with E-state index in [0.717, 1.165) is 21.9 Å². The zero-order valence-corrected chi connectivity index (χ0v) is 26.7. The highest BCUT2D eigenvalue weighted by Gasteiger charge is 2.17. The van der Waals surface area contributed by atoms with Crippen LogP contribution in [0.25, 0.3) is 76.5 Å². The van der Waals surface area contributed by atoms with E-state index in [1.54, 1.807) is 18.2 Å². The second-order valence-corrected chi connectivity index (χ2v) is 12.2. The highest BCUT2D eigenvalue weighted by Crippen LogP contribution is 2.40. The molecule has 0 bridgehead atoms. The smallest absolute Gasteiger partial charge is 0.136 e. The van der Waals surface area contributed by atoms with Gasteiger partial charge in [-0.1, -0.05) is 157 Å². The third-order valence-electron chi connectivity index (χ3n) is 9.29. The maximum absolute atomic E-state index is 9.66. The van der Waals surface area contributed by atoms with E-state index in [0.29, 0.717) is 11.2 Å². The second kappa shape index (κ2) is 12.2. The molecule has 0 unspecified atom stereocenters. The Labute approximate surface area is 323 Å². The SMILES string of the molecule is [2H]c1c([2H])c([2H])c(Cc2c3c([2H])c([2H])c([2H])c([2H])c3c(Cc3c([2H])c([2H])c(-c4ccc5c(c4)oc4ccc(-c6ccccc6)cc45)c4c([2H])c([2H])c([2H])c([2H])c34)c3c([2H])c([2H])c([2H])c([2H])c23)c([2H])c1[2H]. The molecule has 51 heavy (non-hydrogen) atoms. The van der Waals surface area contributed by atoms with Gasteiger partial charge in [-0.15, -0.1) is 0 Å². The van der Waals surface area contributed by atoms with Gasteiger partial charge < -0.3 is 4.42 Å². The minimum absolute atomic E-state index is 0.0319. The highest BCUT2D eigenvalue weighted by atomic mass is 16.3. The molecular weight excluding hydrogens is 617 g/mol. The average Bonchev–Trinajstić information content (AvgIpc) is 3.73. The van der Waals surface area contributed by atoms with Crippen molar-refractivity contribution in [3.8, 4) is 22.3 Å². The monoisotopic (exact) mass is 669 g/mol. The van der Waals surface area contributed by atoms with E-state index in [1.165, 1.54) is 0 Å². The van der Waals surface area contributed by atoms with Crippen molar-refractivity contribution in [2.45, 2.75) is 12.8 Å². The van der Waals surface area contributed by atoms with E-state index in [2.05, 4.69) is 0 Å². The van der Waals surface area contributed by atoms with Gasteiger partial charge in [-0.05, 0) is 114 Å². The molecule has 0 aliphatic heterocycles. The second-order valence-electron chi connectivity index (χ2n) is 12.2. The fraction of sp³-hybridized carbons (Fsp3) is 0.0400. The van der Waals surface area contributed by atoms with Gasteiger partial charge in [-0.2, -0.15) is 0 Å². The minimum atomic E-state index is -0.751. The Morgan fingerprint density at radius 1 is 0.392 bits per heavy atom. The van der Waals surface area contributed by atoms with E-state index in [9.17, 15) is 11.0 Å². The molecule has 10 aromatic rings. The molecule has 0 N–H and O–H groups in total. The first-order valence-corrected chi connectivity index (χ1v) is 16.2. The quantitative estimate of drug-likeness (QED) is 0.161. The van der Waals surface area contributed by atoms with Crippen LogP contribution in [-0.4, -0.2) is 0 Å². The molecule has 0 aliphatic rings. The predicted octanol–water partition coefficient (Wildman–Crippen LogP) is 13.6. The van der Waals surface area contributed by atoms with E-state index in [-0.39, 0.29) is 65.7 Å². The third kappa shape index (κ3) is 5.09. The van der Waals surface area contributed by atoms with Crippen LogP contribution in [0.4, 0.5) is 0 Å². The molecule has 1 aromatic heterocycles. The van der Waals surface area contributed by atoms with Crippen LogP contribution in [0.1, 0.15) is 48.3 Å².